The van der Waals surface area contributed by atoms with Gasteiger partial charge in [0.15, 0.2) is 0 Å². The van der Waals surface area contributed by atoms with E-state index in [2.05, 4.69) is 47.4 Å². The van der Waals surface area contributed by atoms with E-state index < -0.39 is 0 Å². The molecule has 0 spiro atoms. The van der Waals surface area contributed by atoms with E-state index >= 15 is 0 Å². The van der Waals surface area contributed by atoms with Crippen molar-refractivity contribution in [1.29, 1.82) is 0 Å². The predicted molar refractivity (Wildman–Crippen MR) is 154 cm³/mol. The standard InChI is InChI=1S/C14H28.C12H24.C6H12/c1-3-5-7-9-11-13-14-12-10-8-6-4-2;1-3-5-7-9-11-12-10-8-6-4-2;1-4-5-6(2)3/h3H,1,4-14H2,2H3;3H,1,4-12H2,2H3;4,6H,1,5H2,2-3H3. The van der Waals surface area contributed by atoms with E-state index in [4.69, 9.17) is 0 Å². The Labute approximate surface area is 206 Å². The van der Waals surface area contributed by atoms with Crippen LogP contribution in [0.25, 0.3) is 0 Å². The Morgan fingerprint density at radius 2 is 0.719 bits per heavy atom. The molecule has 192 valence electrons. The zero-order valence-corrected chi connectivity index (χ0v) is 23.3. The summed E-state index contributed by atoms with van der Waals surface area (Å²) in [6, 6.07) is 0. The minimum atomic E-state index is 0.780. The SMILES string of the molecule is C=CCC(C)C.C=CCCCCCCCCCC.C=CCCCCCCCCCCCC. The van der Waals surface area contributed by atoms with Gasteiger partial charge < -0.3 is 0 Å². The van der Waals surface area contributed by atoms with Crippen LogP contribution in [-0.4, -0.2) is 0 Å². The first-order valence-electron chi connectivity index (χ1n) is 14.4. The van der Waals surface area contributed by atoms with Crippen molar-refractivity contribution in [3.63, 3.8) is 0 Å². The lowest BCUT2D eigenvalue weighted by Crippen LogP contribution is -1.81. The molecule has 0 nitrogen and oxygen atoms in total. The second-order valence-electron chi connectivity index (χ2n) is 9.73. The van der Waals surface area contributed by atoms with Crippen LogP contribution in [0.1, 0.15) is 163 Å². The fourth-order valence-corrected chi connectivity index (χ4v) is 3.53. The third-order valence-electron chi connectivity index (χ3n) is 5.66. The molecule has 0 N–H and O–H groups in total. The van der Waals surface area contributed by atoms with Crippen LogP contribution in [0.4, 0.5) is 0 Å². The first-order chi connectivity index (χ1) is 15.6. The van der Waals surface area contributed by atoms with Crippen LogP contribution in [-0.2, 0) is 0 Å². The molecule has 0 saturated heterocycles. The third kappa shape index (κ3) is 47.1. The number of unbranched alkanes of at least 4 members (excludes halogenated alkanes) is 18. The van der Waals surface area contributed by atoms with Gasteiger partial charge in [-0.3, -0.25) is 0 Å². The Hall–Kier alpha value is -0.780. The van der Waals surface area contributed by atoms with Gasteiger partial charge in [-0.2, -0.15) is 0 Å². The zero-order chi connectivity index (χ0) is 24.5. The lowest BCUT2D eigenvalue weighted by Gasteiger charge is -2.00. The van der Waals surface area contributed by atoms with Crippen LogP contribution in [0.5, 0.6) is 0 Å². The molecule has 0 fully saturated rings. The largest absolute Gasteiger partial charge is 0.103 e. The van der Waals surface area contributed by atoms with Gasteiger partial charge in [-0.25, -0.2) is 0 Å². The number of rotatable bonds is 22. The molecule has 0 aromatic heterocycles. The molecule has 0 aromatic carbocycles. The molecule has 0 unspecified atom stereocenters. The molecule has 0 aliphatic rings. The minimum Gasteiger partial charge on any atom is -0.103 e. The zero-order valence-electron chi connectivity index (χ0n) is 23.3. The fraction of sp³-hybridized carbons (Fsp3) is 0.812. The molecule has 0 rings (SSSR count). The highest BCUT2D eigenvalue weighted by atomic mass is 14.0. The van der Waals surface area contributed by atoms with Crippen molar-refractivity contribution in [2.24, 2.45) is 5.92 Å². The molecular formula is C32H64. The summed E-state index contributed by atoms with van der Waals surface area (Å²) in [7, 11) is 0. The summed E-state index contributed by atoms with van der Waals surface area (Å²) in [4.78, 5) is 0. The summed E-state index contributed by atoms with van der Waals surface area (Å²) in [6.45, 7) is 20.0. The first kappa shape index (κ1) is 35.8. The van der Waals surface area contributed by atoms with E-state index in [1.807, 2.05) is 18.2 Å². The van der Waals surface area contributed by atoms with Crippen LogP contribution in [0.3, 0.4) is 0 Å². The van der Waals surface area contributed by atoms with Gasteiger partial charge in [-0.15, -0.1) is 19.7 Å². The molecule has 32 heavy (non-hydrogen) atoms. The van der Waals surface area contributed by atoms with Gasteiger partial charge in [0.25, 0.3) is 0 Å². The maximum atomic E-state index is 3.74. The summed E-state index contributed by atoms with van der Waals surface area (Å²) < 4.78 is 0. The molecule has 0 aliphatic heterocycles. The smallest absolute Gasteiger partial charge is 0.0330 e. The van der Waals surface area contributed by atoms with E-state index in [9.17, 15) is 0 Å². The minimum absolute atomic E-state index is 0.780. The van der Waals surface area contributed by atoms with E-state index in [0.717, 1.165) is 12.3 Å². The van der Waals surface area contributed by atoms with E-state index in [1.54, 1.807) is 0 Å². The molecule has 0 amide bonds. The highest BCUT2D eigenvalue weighted by molar-refractivity contribution is 4.67. The molecule has 0 saturated carbocycles. The van der Waals surface area contributed by atoms with E-state index in [0.29, 0.717) is 0 Å². The second kappa shape index (κ2) is 37.5. The number of hydrogen-bond donors (Lipinski definition) is 0. The van der Waals surface area contributed by atoms with Crippen LogP contribution >= 0.6 is 0 Å². The normalized spacial score (nSPS) is 10.0. The Morgan fingerprint density at radius 3 is 0.906 bits per heavy atom. The maximum absolute atomic E-state index is 3.74. The Bertz CT molecular complexity index is 325. The molecule has 0 aliphatic carbocycles. The van der Waals surface area contributed by atoms with Gasteiger partial charge in [0.1, 0.15) is 0 Å². The summed E-state index contributed by atoms with van der Waals surface area (Å²) in [6.07, 6.45) is 35.1. The van der Waals surface area contributed by atoms with Crippen LogP contribution in [0.15, 0.2) is 38.0 Å². The van der Waals surface area contributed by atoms with Gasteiger partial charge >= 0.3 is 0 Å². The number of hydrogen-bond acceptors (Lipinski definition) is 0. The average molecular weight is 449 g/mol. The third-order valence-corrected chi connectivity index (χ3v) is 5.66. The molecule has 0 heterocycles. The molecular weight excluding hydrogens is 384 g/mol. The van der Waals surface area contributed by atoms with Crippen molar-refractivity contribution >= 4 is 0 Å². The highest BCUT2D eigenvalue weighted by Gasteiger charge is 1.91. The van der Waals surface area contributed by atoms with Gasteiger partial charge in [-0.1, -0.05) is 149 Å². The van der Waals surface area contributed by atoms with Crippen molar-refractivity contribution in [3.05, 3.63) is 38.0 Å². The van der Waals surface area contributed by atoms with Gasteiger partial charge in [0, 0.05) is 0 Å². The van der Waals surface area contributed by atoms with E-state index in [-0.39, 0.29) is 0 Å². The summed E-state index contributed by atoms with van der Waals surface area (Å²) in [5.74, 6) is 0.780. The van der Waals surface area contributed by atoms with Crippen molar-refractivity contribution in [3.8, 4) is 0 Å². The van der Waals surface area contributed by atoms with Crippen LogP contribution < -0.4 is 0 Å². The lowest BCUT2D eigenvalue weighted by molar-refractivity contribution is 0.558. The number of allylic oxidation sites excluding steroid dienone is 3. The molecule has 0 radical (unpaired) electrons. The Balaban J connectivity index is -0.000000425. The van der Waals surface area contributed by atoms with E-state index in [1.165, 1.54) is 128 Å². The molecule has 0 heteroatoms. The Kier molecular flexibility index (Phi) is 42.0. The van der Waals surface area contributed by atoms with Gasteiger partial charge in [-0.05, 0) is 38.0 Å². The summed E-state index contributed by atoms with van der Waals surface area (Å²) >= 11 is 0. The van der Waals surface area contributed by atoms with Gasteiger partial charge in [0.2, 0.25) is 0 Å². The quantitative estimate of drug-likeness (QED) is 0.114. The Morgan fingerprint density at radius 1 is 0.438 bits per heavy atom. The molecule has 0 aromatic rings. The highest BCUT2D eigenvalue weighted by Crippen LogP contribution is 2.11. The van der Waals surface area contributed by atoms with Crippen LogP contribution in [0, 0.1) is 5.92 Å². The van der Waals surface area contributed by atoms with Crippen molar-refractivity contribution in [1.82, 2.24) is 0 Å². The van der Waals surface area contributed by atoms with Crippen molar-refractivity contribution < 1.29 is 0 Å². The van der Waals surface area contributed by atoms with Gasteiger partial charge in [0.05, 0.1) is 0 Å². The fourth-order valence-electron chi connectivity index (χ4n) is 3.53. The molecule has 0 atom stereocenters. The van der Waals surface area contributed by atoms with Crippen LogP contribution in [0.2, 0.25) is 0 Å². The summed E-state index contributed by atoms with van der Waals surface area (Å²) in [5, 5.41) is 0. The van der Waals surface area contributed by atoms with Crippen molar-refractivity contribution in [2.45, 2.75) is 163 Å². The van der Waals surface area contributed by atoms with Crippen molar-refractivity contribution in [2.75, 3.05) is 0 Å². The summed E-state index contributed by atoms with van der Waals surface area (Å²) in [5.41, 5.74) is 0. The average Bonchev–Trinajstić information content (AvgIpc) is 2.78. The monoisotopic (exact) mass is 449 g/mol. The lowest BCUT2D eigenvalue weighted by atomic mass is 10.1. The maximum Gasteiger partial charge on any atom is -0.0330 e. The molecule has 0 bridgehead atoms. The second-order valence-corrected chi connectivity index (χ2v) is 9.73. The topological polar surface area (TPSA) is 0 Å². The first-order valence-corrected chi connectivity index (χ1v) is 14.4. The predicted octanol–water partition coefficient (Wildman–Crippen LogP) is 12.4.